The number of rotatable bonds is 7. The summed E-state index contributed by atoms with van der Waals surface area (Å²) in [6.45, 7) is 4.49. The lowest BCUT2D eigenvalue weighted by molar-refractivity contribution is -0.121. The van der Waals surface area contributed by atoms with Crippen LogP contribution in [0.25, 0.3) is 0 Å². The molecule has 0 aliphatic carbocycles. The number of hydrogen-bond donors (Lipinski definition) is 2. The number of ether oxygens (including phenoxy) is 1. The van der Waals surface area contributed by atoms with Crippen LogP contribution >= 0.6 is 0 Å². The lowest BCUT2D eigenvalue weighted by Gasteiger charge is -2.19. The summed E-state index contributed by atoms with van der Waals surface area (Å²) in [5.41, 5.74) is 6.35. The van der Waals surface area contributed by atoms with Gasteiger partial charge in [-0.15, -0.1) is 0 Å². The number of nitrogens with two attached hydrogens (primary N) is 1. The summed E-state index contributed by atoms with van der Waals surface area (Å²) in [4.78, 5) is 11.2. The maximum Gasteiger partial charge on any atom is 0.234 e. The molecule has 3 N–H and O–H groups in total. The molecule has 0 spiro atoms. The van der Waals surface area contributed by atoms with Gasteiger partial charge in [0.15, 0.2) is 6.61 Å². The van der Waals surface area contributed by atoms with E-state index in [2.05, 4.69) is 5.32 Å². The largest absolute Gasteiger partial charge is 0.479 e. The van der Waals surface area contributed by atoms with E-state index in [-0.39, 0.29) is 24.5 Å². The van der Waals surface area contributed by atoms with Gasteiger partial charge in [-0.3, -0.25) is 4.79 Å². The zero-order chi connectivity index (χ0) is 14.3. The van der Waals surface area contributed by atoms with Gasteiger partial charge in [0.05, 0.1) is 6.04 Å². The second-order valence-electron chi connectivity index (χ2n) is 4.60. The van der Waals surface area contributed by atoms with E-state index in [1.165, 1.54) is 0 Å². The van der Waals surface area contributed by atoms with Crippen molar-refractivity contribution in [3.63, 3.8) is 0 Å². The fourth-order valence-electron chi connectivity index (χ4n) is 1.71. The molecule has 0 radical (unpaired) electrons. The Morgan fingerprint density at radius 1 is 1.42 bits per heavy atom. The highest BCUT2D eigenvalue weighted by Gasteiger charge is 2.18. The van der Waals surface area contributed by atoms with Crippen molar-refractivity contribution in [3.8, 4) is 11.8 Å². The summed E-state index contributed by atoms with van der Waals surface area (Å²) < 4.78 is 5.16. The van der Waals surface area contributed by atoms with E-state index in [0.29, 0.717) is 12.3 Å². The molecule has 0 heterocycles. The summed E-state index contributed by atoms with van der Waals surface area (Å²) in [5, 5.41) is 11.5. The van der Waals surface area contributed by atoms with Crippen LogP contribution in [0.4, 0.5) is 0 Å². The average Bonchev–Trinajstić information content (AvgIpc) is 2.37. The molecule has 102 valence electrons. The number of hydrogen-bond acceptors (Lipinski definition) is 4. The fourth-order valence-corrected chi connectivity index (χ4v) is 1.71. The monoisotopic (exact) mass is 261 g/mol. The van der Waals surface area contributed by atoms with Crippen molar-refractivity contribution in [3.05, 3.63) is 29.8 Å². The molecule has 0 saturated carbocycles. The minimum atomic E-state index is -0.344. The van der Waals surface area contributed by atoms with Crippen molar-refractivity contribution >= 4 is 5.91 Å². The smallest absolute Gasteiger partial charge is 0.234 e. The number of nitrogens with zero attached hydrogens (tertiary/aromatic N) is 1. The van der Waals surface area contributed by atoms with Crippen LogP contribution in [0.1, 0.15) is 19.4 Å². The summed E-state index contributed by atoms with van der Waals surface area (Å²) in [6, 6.07) is 8.93. The zero-order valence-electron chi connectivity index (χ0n) is 11.2. The first-order valence-corrected chi connectivity index (χ1v) is 6.16. The summed E-state index contributed by atoms with van der Waals surface area (Å²) in [7, 11) is 0. The van der Waals surface area contributed by atoms with Gasteiger partial charge in [0, 0.05) is 6.54 Å². The molecule has 1 amide bonds. The normalized spacial score (nSPS) is 11.9. The maximum absolute atomic E-state index is 11.2. The SMILES string of the molecule is CC(C)C(NCc1ccc(OCC#N)cc1)C(N)=O. The van der Waals surface area contributed by atoms with Crippen molar-refractivity contribution in [1.29, 1.82) is 5.26 Å². The molecule has 0 aromatic heterocycles. The molecule has 0 bridgehead atoms. The first-order valence-electron chi connectivity index (χ1n) is 6.16. The molecular weight excluding hydrogens is 242 g/mol. The van der Waals surface area contributed by atoms with Gasteiger partial charge in [-0.25, -0.2) is 0 Å². The Hall–Kier alpha value is -2.06. The van der Waals surface area contributed by atoms with E-state index >= 15 is 0 Å². The molecule has 0 fully saturated rings. The average molecular weight is 261 g/mol. The molecule has 1 atom stereocenters. The molecular formula is C14H19N3O2. The number of primary amides is 1. The predicted octanol–water partition coefficient (Wildman–Crippen LogP) is 1.19. The molecule has 1 unspecified atom stereocenters. The third-order valence-corrected chi connectivity index (χ3v) is 2.73. The van der Waals surface area contributed by atoms with Crippen LogP contribution in [0, 0.1) is 17.2 Å². The van der Waals surface area contributed by atoms with E-state index in [1.54, 1.807) is 12.1 Å². The third-order valence-electron chi connectivity index (χ3n) is 2.73. The maximum atomic E-state index is 11.2. The summed E-state index contributed by atoms with van der Waals surface area (Å²) >= 11 is 0. The van der Waals surface area contributed by atoms with E-state index in [4.69, 9.17) is 15.7 Å². The van der Waals surface area contributed by atoms with Crippen LogP contribution in [0.2, 0.25) is 0 Å². The number of nitrogens with one attached hydrogen (secondary N) is 1. The molecule has 1 aromatic rings. The van der Waals surface area contributed by atoms with Crippen LogP contribution in [0.3, 0.4) is 0 Å². The van der Waals surface area contributed by atoms with Crippen molar-refractivity contribution in [2.45, 2.75) is 26.4 Å². The van der Waals surface area contributed by atoms with Gasteiger partial charge in [-0.2, -0.15) is 5.26 Å². The van der Waals surface area contributed by atoms with Crippen LogP contribution in [-0.2, 0) is 11.3 Å². The Kier molecular flexibility index (Phi) is 5.83. The molecule has 1 rings (SSSR count). The lowest BCUT2D eigenvalue weighted by atomic mass is 10.0. The number of nitriles is 1. The highest BCUT2D eigenvalue weighted by atomic mass is 16.5. The molecule has 5 nitrogen and oxygen atoms in total. The molecule has 1 aromatic carbocycles. The lowest BCUT2D eigenvalue weighted by Crippen LogP contribution is -2.44. The topological polar surface area (TPSA) is 88.1 Å². The molecule has 0 saturated heterocycles. The van der Waals surface area contributed by atoms with Crippen LogP contribution in [-0.4, -0.2) is 18.6 Å². The second-order valence-corrected chi connectivity index (χ2v) is 4.60. The number of carbonyl (C=O) groups excluding carboxylic acids is 1. The quantitative estimate of drug-likeness (QED) is 0.771. The zero-order valence-corrected chi connectivity index (χ0v) is 11.2. The first kappa shape index (κ1) is 15.0. The van der Waals surface area contributed by atoms with Crippen molar-refractivity contribution in [2.75, 3.05) is 6.61 Å². The summed E-state index contributed by atoms with van der Waals surface area (Å²) in [5.74, 6) is 0.459. The minimum absolute atomic E-state index is 0.0364. The predicted molar refractivity (Wildman–Crippen MR) is 72.2 cm³/mol. The van der Waals surface area contributed by atoms with E-state index < -0.39 is 0 Å². The van der Waals surface area contributed by atoms with Gasteiger partial charge < -0.3 is 15.8 Å². The van der Waals surface area contributed by atoms with E-state index in [1.807, 2.05) is 32.0 Å². The highest BCUT2D eigenvalue weighted by molar-refractivity contribution is 5.80. The number of benzene rings is 1. The molecule has 0 aliphatic heterocycles. The van der Waals surface area contributed by atoms with Gasteiger partial charge in [-0.1, -0.05) is 26.0 Å². The van der Waals surface area contributed by atoms with Crippen LogP contribution in [0.5, 0.6) is 5.75 Å². The summed E-state index contributed by atoms with van der Waals surface area (Å²) in [6.07, 6.45) is 0. The highest BCUT2D eigenvalue weighted by Crippen LogP contribution is 2.12. The van der Waals surface area contributed by atoms with Crippen molar-refractivity contribution in [2.24, 2.45) is 11.7 Å². The van der Waals surface area contributed by atoms with Gasteiger partial charge in [-0.05, 0) is 23.6 Å². The minimum Gasteiger partial charge on any atom is -0.479 e. The fraction of sp³-hybridized carbons (Fsp3) is 0.429. The van der Waals surface area contributed by atoms with Gasteiger partial charge in [0.2, 0.25) is 5.91 Å². The second kappa shape index (κ2) is 7.39. The van der Waals surface area contributed by atoms with Crippen LogP contribution < -0.4 is 15.8 Å². The Bertz CT molecular complexity index is 449. The van der Waals surface area contributed by atoms with Crippen molar-refractivity contribution < 1.29 is 9.53 Å². The van der Waals surface area contributed by atoms with Gasteiger partial charge >= 0.3 is 0 Å². The van der Waals surface area contributed by atoms with Gasteiger partial charge in [0.1, 0.15) is 11.8 Å². The first-order chi connectivity index (χ1) is 9.04. The third kappa shape index (κ3) is 4.98. The Balaban J connectivity index is 2.54. The van der Waals surface area contributed by atoms with Crippen LogP contribution in [0.15, 0.2) is 24.3 Å². The number of amides is 1. The Labute approximate surface area is 113 Å². The molecule has 0 aliphatic rings. The van der Waals surface area contributed by atoms with E-state index in [0.717, 1.165) is 5.56 Å². The standard InChI is InChI=1S/C14H19N3O2/c1-10(2)13(14(16)18)17-9-11-3-5-12(6-4-11)19-8-7-15/h3-6,10,13,17H,8-9H2,1-2H3,(H2,16,18). The molecule has 19 heavy (non-hydrogen) atoms. The van der Waals surface area contributed by atoms with E-state index in [9.17, 15) is 4.79 Å². The number of carbonyl (C=O) groups is 1. The Morgan fingerprint density at radius 3 is 2.53 bits per heavy atom. The Morgan fingerprint density at radius 2 is 2.05 bits per heavy atom. The molecule has 5 heteroatoms. The van der Waals surface area contributed by atoms with Crippen molar-refractivity contribution in [1.82, 2.24) is 5.32 Å². The van der Waals surface area contributed by atoms with Gasteiger partial charge in [0.25, 0.3) is 0 Å².